The monoisotopic (exact) mass is 298 g/mol. The van der Waals surface area contributed by atoms with Crippen molar-refractivity contribution < 1.29 is 18.6 Å². The minimum atomic E-state index is -1.43. The van der Waals surface area contributed by atoms with Gasteiger partial charge in [-0.1, -0.05) is 23.7 Å². The molecule has 1 N–H and O–H groups in total. The van der Waals surface area contributed by atoms with Gasteiger partial charge in [-0.25, -0.2) is 8.78 Å². The van der Waals surface area contributed by atoms with Crippen molar-refractivity contribution in [3.8, 4) is 5.75 Å². The Bertz CT molecular complexity index is 621. The van der Waals surface area contributed by atoms with E-state index in [2.05, 4.69) is 0 Å². The second-order valence-electron chi connectivity index (χ2n) is 4.42. The van der Waals surface area contributed by atoms with Crippen LogP contribution in [-0.4, -0.2) is 12.2 Å². The molecule has 0 saturated heterocycles. The van der Waals surface area contributed by atoms with Crippen molar-refractivity contribution in [1.82, 2.24) is 0 Å². The van der Waals surface area contributed by atoms with Gasteiger partial charge < -0.3 is 9.84 Å². The van der Waals surface area contributed by atoms with Crippen molar-refractivity contribution in [2.24, 2.45) is 0 Å². The molecule has 0 aliphatic carbocycles. The van der Waals surface area contributed by atoms with Crippen LogP contribution in [-0.2, 0) is 0 Å². The molecular weight excluding hydrogens is 286 g/mol. The number of hydrogen-bond donors (Lipinski definition) is 1. The van der Waals surface area contributed by atoms with Crippen LogP contribution in [0.4, 0.5) is 8.78 Å². The SMILES string of the molecule is COc1cc(F)c(C(O)c2ccc(C)c(Cl)c2)c(F)c1. The Morgan fingerprint density at radius 2 is 1.75 bits per heavy atom. The quantitative estimate of drug-likeness (QED) is 0.927. The number of benzene rings is 2. The van der Waals surface area contributed by atoms with E-state index < -0.39 is 23.3 Å². The Morgan fingerprint density at radius 3 is 2.25 bits per heavy atom. The van der Waals surface area contributed by atoms with Crippen LogP contribution in [0.1, 0.15) is 22.8 Å². The molecule has 0 aromatic heterocycles. The summed E-state index contributed by atoms with van der Waals surface area (Å²) in [4.78, 5) is 0. The van der Waals surface area contributed by atoms with Gasteiger partial charge >= 0.3 is 0 Å². The summed E-state index contributed by atoms with van der Waals surface area (Å²) in [5, 5.41) is 10.6. The molecule has 2 aromatic carbocycles. The first-order valence-corrected chi connectivity index (χ1v) is 6.29. The molecule has 2 nitrogen and oxygen atoms in total. The zero-order chi connectivity index (χ0) is 14.9. The number of halogens is 3. The van der Waals surface area contributed by atoms with E-state index in [0.29, 0.717) is 10.6 Å². The van der Waals surface area contributed by atoms with Crippen LogP contribution in [0.25, 0.3) is 0 Å². The summed E-state index contributed by atoms with van der Waals surface area (Å²) in [6.45, 7) is 1.80. The maximum Gasteiger partial charge on any atom is 0.135 e. The first-order valence-electron chi connectivity index (χ1n) is 5.91. The first kappa shape index (κ1) is 14.8. The molecule has 0 radical (unpaired) electrons. The van der Waals surface area contributed by atoms with Crippen molar-refractivity contribution in [2.75, 3.05) is 7.11 Å². The Morgan fingerprint density at radius 1 is 1.15 bits per heavy atom. The Balaban J connectivity index is 2.47. The highest BCUT2D eigenvalue weighted by molar-refractivity contribution is 6.31. The van der Waals surface area contributed by atoms with E-state index >= 15 is 0 Å². The van der Waals surface area contributed by atoms with Crippen LogP contribution < -0.4 is 4.74 Å². The molecule has 1 atom stereocenters. The van der Waals surface area contributed by atoms with Crippen molar-refractivity contribution in [2.45, 2.75) is 13.0 Å². The van der Waals surface area contributed by atoms with E-state index in [4.69, 9.17) is 16.3 Å². The number of rotatable bonds is 3. The molecule has 0 spiro atoms. The lowest BCUT2D eigenvalue weighted by Crippen LogP contribution is -2.06. The topological polar surface area (TPSA) is 29.5 Å². The van der Waals surface area contributed by atoms with Gasteiger partial charge in [0.15, 0.2) is 0 Å². The average molecular weight is 299 g/mol. The number of aryl methyl sites for hydroxylation is 1. The Hall–Kier alpha value is -1.65. The minimum absolute atomic E-state index is 0.0536. The fourth-order valence-corrected chi connectivity index (χ4v) is 2.07. The molecule has 0 aliphatic rings. The molecule has 0 bridgehead atoms. The van der Waals surface area contributed by atoms with E-state index in [1.165, 1.54) is 13.2 Å². The van der Waals surface area contributed by atoms with E-state index in [0.717, 1.165) is 17.7 Å². The standard InChI is InChI=1S/C15H13ClF2O2/c1-8-3-4-9(5-11(8)16)15(19)14-12(17)6-10(20-2)7-13(14)18/h3-7,15,19H,1-2H3. The number of hydrogen-bond acceptors (Lipinski definition) is 2. The van der Waals surface area contributed by atoms with Crippen LogP contribution in [0.3, 0.4) is 0 Å². The molecular formula is C15H13ClF2O2. The van der Waals surface area contributed by atoms with Crippen LogP contribution >= 0.6 is 11.6 Å². The molecule has 2 aromatic rings. The molecule has 1 unspecified atom stereocenters. The highest BCUT2D eigenvalue weighted by atomic mass is 35.5. The zero-order valence-electron chi connectivity index (χ0n) is 11.0. The molecule has 2 rings (SSSR count). The van der Waals surface area contributed by atoms with Gasteiger partial charge in [0.05, 0.1) is 12.7 Å². The maximum atomic E-state index is 13.9. The number of aliphatic hydroxyl groups excluding tert-OH is 1. The van der Waals surface area contributed by atoms with Crippen LogP contribution in [0.2, 0.25) is 5.02 Å². The summed E-state index contributed by atoms with van der Waals surface area (Å²) >= 11 is 5.95. The smallest absolute Gasteiger partial charge is 0.135 e. The van der Waals surface area contributed by atoms with E-state index in [1.807, 2.05) is 0 Å². The van der Waals surface area contributed by atoms with Crippen LogP contribution in [0, 0.1) is 18.6 Å². The number of methoxy groups -OCH3 is 1. The molecule has 0 fully saturated rings. The van der Waals surface area contributed by atoms with Crippen LogP contribution in [0.5, 0.6) is 5.75 Å². The summed E-state index contributed by atoms with van der Waals surface area (Å²) in [5.41, 5.74) is 0.715. The lowest BCUT2D eigenvalue weighted by Gasteiger charge is -2.15. The summed E-state index contributed by atoms with van der Waals surface area (Å²) in [7, 11) is 1.31. The fraction of sp³-hybridized carbons (Fsp3) is 0.200. The molecule has 106 valence electrons. The van der Waals surface area contributed by atoms with Gasteiger partial charge in [0, 0.05) is 17.2 Å². The number of aliphatic hydroxyl groups is 1. The van der Waals surface area contributed by atoms with Gasteiger partial charge in [0.1, 0.15) is 23.5 Å². The summed E-state index contributed by atoms with van der Waals surface area (Å²) in [6.07, 6.45) is -1.43. The predicted octanol–water partition coefficient (Wildman–Crippen LogP) is 4.02. The summed E-state index contributed by atoms with van der Waals surface area (Å²) < 4.78 is 32.6. The Kier molecular flexibility index (Phi) is 4.26. The van der Waals surface area contributed by atoms with E-state index in [9.17, 15) is 13.9 Å². The van der Waals surface area contributed by atoms with Gasteiger partial charge in [0.25, 0.3) is 0 Å². The third-order valence-electron chi connectivity index (χ3n) is 3.07. The normalized spacial score (nSPS) is 12.3. The molecule has 0 aliphatic heterocycles. The Labute approximate surface area is 120 Å². The van der Waals surface area contributed by atoms with Gasteiger partial charge in [-0.2, -0.15) is 0 Å². The largest absolute Gasteiger partial charge is 0.497 e. The lowest BCUT2D eigenvalue weighted by atomic mass is 9.99. The summed E-state index contributed by atoms with van der Waals surface area (Å²) in [6, 6.07) is 6.80. The van der Waals surface area contributed by atoms with Gasteiger partial charge in [-0.3, -0.25) is 0 Å². The second kappa shape index (κ2) is 5.77. The third-order valence-corrected chi connectivity index (χ3v) is 3.48. The van der Waals surface area contributed by atoms with Crippen molar-refractivity contribution in [3.05, 3.63) is 63.7 Å². The third kappa shape index (κ3) is 2.76. The van der Waals surface area contributed by atoms with Gasteiger partial charge in [-0.05, 0) is 24.1 Å². The number of ether oxygens (including phenoxy) is 1. The van der Waals surface area contributed by atoms with Crippen molar-refractivity contribution in [1.29, 1.82) is 0 Å². The molecule has 0 saturated carbocycles. The van der Waals surface area contributed by atoms with Gasteiger partial charge in [0.2, 0.25) is 0 Å². The highest BCUT2D eigenvalue weighted by Gasteiger charge is 2.21. The van der Waals surface area contributed by atoms with E-state index in [-0.39, 0.29) is 5.75 Å². The zero-order valence-corrected chi connectivity index (χ0v) is 11.7. The lowest BCUT2D eigenvalue weighted by molar-refractivity contribution is 0.208. The molecule has 0 heterocycles. The first-order chi connectivity index (χ1) is 9.43. The van der Waals surface area contributed by atoms with Crippen molar-refractivity contribution in [3.63, 3.8) is 0 Å². The molecule has 0 amide bonds. The minimum Gasteiger partial charge on any atom is -0.497 e. The van der Waals surface area contributed by atoms with E-state index in [1.54, 1.807) is 19.1 Å². The molecule has 20 heavy (non-hydrogen) atoms. The highest BCUT2D eigenvalue weighted by Crippen LogP contribution is 2.31. The predicted molar refractivity (Wildman–Crippen MR) is 73.2 cm³/mol. The van der Waals surface area contributed by atoms with Crippen LogP contribution in [0.15, 0.2) is 30.3 Å². The molecule has 5 heteroatoms. The average Bonchev–Trinajstić information content (AvgIpc) is 2.40. The fourth-order valence-electron chi connectivity index (χ4n) is 1.89. The maximum absolute atomic E-state index is 13.9. The summed E-state index contributed by atoms with van der Waals surface area (Å²) in [5.74, 6) is -1.69. The van der Waals surface area contributed by atoms with Gasteiger partial charge in [-0.15, -0.1) is 0 Å². The second-order valence-corrected chi connectivity index (χ2v) is 4.82. The van der Waals surface area contributed by atoms with Crippen molar-refractivity contribution >= 4 is 11.6 Å².